The lowest BCUT2D eigenvalue weighted by Gasteiger charge is -2.05. The van der Waals surface area contributed by atoms with Crippen molar-refractivity contribution in [3.8, 4) is 22.4 Å². The van der Waals surface area contributed by atoms with Gasteiger partial charge in [0.05, 0.1) is 5.56 Å². The topological polar surface area (TPSA) is 64.9 Å². The summed E-state index contributed by atoms with van der Waals surface area (Å²) in [5.41, 5.74) is 8.97. The van der Waals surface area contributed by atoms with Crippen LogP contribution in [0.1, 0.15) is 0 Å². The van der Waals surface area contributed by atoms with Crippen LogP contribution >= 0.6 is 27.5 Å². The molecular formula is C14H9BrClN3O. The summed E-state index contributed by atoms with van der Waals surface area (Å²) in [6.45, 7) is 0. The summed E-state index contributed by atoms with van der Waals surface area (Å²) in [4.78, 5) is 4.10. The number of rotatable bonds is 2. The summed E-state index contributed by atoms with van der Waals surface area (Å²) >= 11 is 9.44. The van der Waals surface area contributed by atoms with Gasteiger partial charge >= 0.3 is 0 Å². The van der Waals surface area contributed by atoms with Crippen molar-refractivity contribution in [2.24, 2.45) is 0 Å². The molecule has 100 valence electrons. The Labute approximate surface area is 128 Å². The van der Waals surface area contributed by atoms with Crippen molar-refractivity contribution in [3.63, 3.8) is 0 Å². The molecule has 2 aromatic heterocycles. The van der Waals surface area contributed by atoms with Gasteiger partial charge in [-0.05, 0) is 18.2 Å². The lowest BCUT2D eigenvalue weighted by Crippen LogP contribution is -1.89. The van der Waals surface area contributed by atoms with Gasteiger partial charge < -0.3 is 10.3 Å². The molecule has 0 fully saturated rings. The van der Waals surface area contributed by atoms with Crippen molar-refractivity contribution in [2.75, 3.05) is 5.73 Å². The van der Waals surface area contributed by atoms with E-state index in [2.05, 4.69) is 26.1 Å². The maximum Gasteiger partial charge on any atom is 0.230 e. The molecule has 0 aliphatic rings. The number of nitrogens with two attached hydrogens (primary N) is 1. The molecule has 0 saturated carbocycles. The number of anilines is 1. The molecule has 0 spiro atoms. The summed E-state index contributed by atoms with van der Waals surface area (Å²) in [5, 5.41) is 4.69. The van der Waals surface area contributed by atoms with E-state index in [0.29, 0.717) is 10.7 Å². The van der Waals surface area contributed by atoms with Crippen molar-refractivity contribution in [2.45, 2.75) is 0 Å². The Balaban J connectivity index is 2.21. The smallest absolute Gasteiger partial charge is 0.230 e. The summed E-state index contributed by atoms with van der Waals surface area (Å²) in [6.07, 6.45) is 3.42. The third kappa shape index (κ3) is 2.30. The van der Waals surface area contributed by atoms with Crippen molar-refractivity contribution >= 4 is 33.4 Å². The first-order valence-electron chi connectivity index (χ1n) is 5.78. The highest BCUT2D eigenvalue weighted by molar-refractivity contribution is 9.10. The highest BCUT2D eigenvalue weighted by Gasteiger charge is 2.19. The van der Waals surface area contributed by atoms with Crippen LogP contribution < -0.4 is 5.73 Å². The molecule has 20 heavy (non-hydrogen) atoms. The van der Waals surface area contributed by atoms with Gasteiger partial charge in [-0.25, -0.2) is 0 Å². The van der Waals surface area contributed by atoms with E-state index in [1.165, 1.54) is 0 Å². The lowest BCUT2D eigenvalue weighted by molar-refractivity contribution is 0.439. The molecular weight excluding hydrogens is 342 g/mol. The largest absolute Gasteiger partial charge is 0.367 e. The van der Waals surface area contributed by atoms with Crippen molar-refractivity contribution < 1.29 is 4.52 Å². The maximum absolute atomic E-state index is 5.96. The Morgan fingerprint density at radius 2 is 2.10 bits per heavy atom. The molecule has 0 radical (unpaired) electrons. The monoisotopic (exact) mass is 349 g/mol. The fraction of sp³-hybridized carbons (Fsp3) is 0. The number of hydrogen-bond donors (Lipinski definition) is 1. The third-order valence-electron chi connectivity index (χ3n) is 2.85. The predicted molar refractivity (Wildman–Crippen MR) is 82.3 cm³/mol. The summed E-state index contributed by atoms with van der Waals surface area (Å²) in [6, 6.07) is 9.20. The van der Waals surface area contributed by atoms with E-state index in [9.17, 15) is 0 Å². The molecule has 0 unspecified atom stereocenters. The predicted octanol–water partition coefficient (Wildman–Crippen LogP) is 4.40. The Hall–Kier alpha value is -1.85. The molecule has 6 heteroatoms. The van der Waals surface area contributed by atoms with Gasteiger partial charge in [-0.1, -0.05) is 44.8 Å². The first-order chi connectivity index (χ1) is 9.66. The van der Waals surface area contributed by atoms with Crippen molar-refractivity contribution in [3.05, 3.63) is 52.2 Å². The molecule has 0 atom stereocenters. The zero-order chi connectivity index (χ0) is 14.1. The van der Waals surface area contributed by atoms with Crippen molar-refractivity contribution in [1.29, 1.82) is 0 Å². The first-order valence-corrected chi connectivity index (χ1v) is 6.95. The van der Waals surface area contributed by atoms with Crippen molar-refractivity contribution in [1.82, 2.24) is 10.1 Å². The molecule has 0 saturated heterocycles. The minimum absolute atomic E-state index is 0.259. The summed E-state index contributed by atoms with van der Waals surface area (Å²) in [5.74, 6) is 0.259. The average molecular weight is 351 g/mol. The highest BCUT2D eigenvalue weighted by Crippen LogP contribution is 2.39. The van der Waals surface area contributed by atoms with Crippen LogP contribution in [0.15, 0.2) is 51.7 Å². The fourth-order valence-electron chi connectivity index (χ4n) is 1.96. The zero-order valence-electron chi connectivity index (χ0n) is 10.2. The molecule has 1 aromatic carbocycles. The number of hydrogen-bond acceptors (Lipinski definition) is 4. The number of halogens is 2. The lowest BCUT2D eigenvalue weighted by atomic mass is 10.0. The second kappa shape index (κ2) is 5.26. The minimum atomic E-state index is 0.259. The van der Waals surface area contributed by atoms with Crippen LogP contribution in [0.5, 0.6) is 0 Å². The molecule has 3 rings (SSSR count). The van der Waals surface area contributed by atoms with E-state index in [1.807, 2.05) is 18.2 Å². The van der Waals surface area contributed by atoms with Crippen LogP contribution in [0.3, 0.4) is 0 Å². The van der Waals surface area contributed by atoms with Gasteiger partial charge in [0.2, 0.25) is 5.88 Å². The van der Waals surface area contributed by atoms with Crippen LogP contribution in [0.4, 0.5) is 5.88 Å². The minimum Gasteiger partial charge on any atom is -0.367 e. The SMILES string of the molecule is Nc1onc(-c2ccc(Cl)cc2Br)c1-c1cccnc1. The summed E-state index contributed by atoms with van der Waals surface area (Å²) < 4.78 is 5.96. The standard InChI is InChI=1S/C14H9BrClN3O/c15-11-6-9(16)3-4-10(11)13-12(14(17)20-19-13)8-2-1-5-18-7-8/h1-7H,17H2. The van der Waals surface area contributed by atoms with E-state index in [0.717, 1.165) is 21.2 Å². The maximum atomic E-state index is 5.96. The van der Waals surface area contributed by atoms with E-state index >= 15 is 0 Å². The second-order valence-electron chi connectivity index (χ2n) is 4.14. The molecule has 0 amide bonds. The van der Waals surface area contributed by atoms with E-state index in [-0.39, 0.29) is 5.88 Å². The number of nitrogen functional groups attached to an aromatic ring is 1. The van der Waals surface area contributed by atoms with Gasteiger partial charge in [0.1, 0.15) is 5.69 Å². The van der Waals surface area contributed by atoms with Gasteiger partial charge in [-0.3, -0.25) is 4.98 Å². The second-order valence-corrected chi connectivity index (χ2v) is 5.43. The highest BCUT2D eigenvalue weighted by atomic mass is 79.9. The number of pyridine rings is 1. The first kappa shape index (κ1) is 13.1. The number of nitrogens with zero attached hydrogens (tertiary/aromatic N) is 2. The Morgan fingerprint density at radius 1 is 1.25 bits per heavy atom. The van der Waals surface area contributed by atoms with Crippen LogP contribution in [0, 0.1) is 0 Å². The Bertz CT molecular complexity index is 758. The zero-order valence-corrected chi connectivity index (χ0v) is 12.5. The van der Waals surface area contributed by atoms with Gasteiger partial charge in [0.25, 0.3) is 0 Å². The molecule has 0 aliphatic carbocycles. The van der Waals surface area contributed by atoms with Crippen LogP contribution in [-0.4, -0.2) is 10.1 Å². The van der Waals surface area contributed by atoms with E-state index < -0.39 is 0 Å². The average Bonchev–Trinajstić information content (AvgIpc) is 2.81. The molecule has 2 N–H and O–H groups in total. The molecule has 4 nitrogen and oxygen atoms in total. The normalized spacial score (nSPS) is 10.7. The fourth-order valence-corrected chi connectivity index (χ4v) is 2.83. The van der Waals surface area contributed by atoms with Gasteiger partial charge in [-0.15, -0.1) is 0 Å². The molecule has 2 heterocycles. The quantitative estimate of drug-likeness (QED) is 0.744. The van der Waals surface area contributed by atoms with Crippen LogP contribution in [-0.2, 0) is 0 Å². The molecule has 3 aromatic rings. The number of aromatic nitrogens is 2. The Morgan fingerprint density at radius 3 is 2.80 bits per heavy atom. The Kier molecular flexibility index (Phi) is 3.46. The van der Waals surface area contributed by atoms with Gasteiger partial charge in [0.15, 0.2) is 0 Å². The van der Waals surface area contributed by atoms with Crippen LogP contribution in [0.2, 0.25) is 5.02 Å². The van der Waals surface area contributed by atoms with Gasteiger partial charge in [-0.2, -0.15) is 0 Å². The summed E-state index contributed by atoms with van der Waals surface area (Å²) in [7, 11) is 0. The van der Waals surface area contributed by atoms with E-state index in [1.54, 1.807) is 24.5 Å². The molecule has 0 aliphatic heterocycles. The number of benzene rings is 1. The van der Waals surface area contributed by atoms with Gasteiger partial charge in [0, 0.05) is 33.0 Å². The van der Waals surface area contributed by atoms with Crippen LogP contribution in [0.25, 0.3) is 22.4 Å². The van der Waals surface area contributed by atoms with E-state index in [4.69, 9.17) is 21.9 Å². The molecule has 0 bridgehead atoms. The third-order valence-corrected chi connectivity index (χ3v) is 3.75.